The molecule has 4 rings (SSSR count). The van der Waals surface area contributed by atoms with E-state index in [4.69, 9.17) is 0 Å². The van der Waals surface area contributed by atoms with E-state index in [9.17, 15) is 27.6 Å². The first-order valence-electron chi connectivity index (χ1n) is 9.84. The van der Waals surface area contributed by atoms with E-state index in [1.807, 2.05) is 13.8 Å². The molecular weight excluding hydrogens is 455 g/mol. The molecule has 0 aliphatic carbocycles. The molecule has 170 valence electrons. The summed E-state index contributed by atoms with van der Waals surface area (Å²) in [5.74, 6) is -0.616. The lowest BCUT2D eigenvalue weighted by molar-refractivity contribution is -0.137. The number of rotatable bonds is 4. The second-order valence-electron chi connectivity index (χ2n) is 7.54. The summed E-state index contributed by atoms with van der Waals surface area (Å²) in [6.07, 6.45) is -4.48. The molecule has 2 aromatic carbocycles. The fraction of sp³-hybridized carbons (Fsp3) is 0.174. The van der Waals surface area contributed by atoms with Crippen molar-refractivity contribution in [1.82, 2.24) is 9.13 Å². The first-order valence-corrected chi connectivity index (χ1v) is 10.7. The van der Waals surface area contributed by atoms with Crippen molar-refractivity contribution >= 4 is 33.1 Å². The molecule has 0 aliphatic rings. The summed E-state index contributed by atoms with van der Waals surface area (Å²) < 4.78 is 40.7. The first-order chi connectivity index (χ1) is 15.6. The summed E-state index contributed by atoms with van der Waals surface area (Å²) in [5.41, 5.74) is 0.765. The first kappa shape index (κ1) is 22.5. The highest BCUT2D eigenvalue weighted by Crippen LogP contribution is 2.29. The molecular formula is C23H18F3N3O3S. The summed E-state index contributed by atoms with van der Waals surface area (Å²) in [5, 5.41) is 4.15. The fourth-order valence-electron chi connectivity index (χ4n) is 3.42. The van der Waals surface area contributed by atoms with Crippen molar-refractivity contribution in [3.63, 3.8) is 0 Å². The molecule has 0 saturated carbocycles. The molecule has 0 bridgehead atoms. The molecule has 0 saturated heterocycles. The molecule has 0 aliphatic heterocycles. The van der Waals surface area contributed by atoms with Crippen LogP contribution >= 0.6 is 11.3 Å². The molecule has 10 heteroatoms. The lowest BCUT2D eigenvalue weighted by Gasteiger charge is -2.13. The standard InChI is InChI=1S/C23H18F3N3O3S/c1-13-3-8-17(11-14(13)2)29-21(31)20-18(9-10-33-20)28(22(29)32)12-19(30)27-16-6-4-15(5-7-16)23(24,25)26/h3-11H,12H2,1-2H3,(H,27,30). The lowest BCUT2D eigenvalue weighted by Crippen LogP contribution is -2.40. The summed E-state index contributed by atoms with van der Waals surface area (Å²) in [7, 11) is 0. The van der Waals surface area contributed by atoms with Crippen molar-refractivity contribution in [2.24, 2.45) is 0 Å². The highest BCUT2D eigenvalue weighted by atomic mass is 32.1. The van der Waals surface area contributed by atoms with E-state index < -0.39 is 35.4 Å². The van der Waals surface area contributed by atoms with Gasteiger partial charge in [0, 0.05) is 5.69 Å². The summed E-state index contributed by atoms with van der Waals surface area (Å²) in [6.45, 7) is 3.36. The van der Waals surface area contributed by atoms with Crippen LogP contribution in [0.15, 0.2) is 63.5 Å². The van der Waals surface area contributed by atoms with Crippen LogP contribution in [0.3, 0.4) is 0 Å². The Kier molecular flexibility index (Phi) is 5.71. The van der Waals surface area contributed by atoms with Gasteiger partial charge in [0.15, 0.2) is 0 Å². The van der Waals surface area contributed by atoms with Gasteiger partial charge in [-0.05, 0) is 72.8 Å². The summed E-state index contributed by atoms with van der Waals surface area (Å²) in [6, 6.07) is 10.8. The predicted molar refractivity (Wildman–Crippen MR) is 121 cm³/mol. The molecule has 4 aromatic rings. The maximum atomic E-state index is 13.3. The molecule has 0 radical (unpaired) electrons. The Morgan fingerprint density at radius 3 is 2.33 bits per heavy atom. The van der Waals surface area contributed by atoms with E-state index >= 15 is 0 Å². The summed E-state index contributed by atoms with van der Waals surface area (Å²) >= 11 is 1.16. The number of aryl methyl sites for hydroxylation is 2. The maximum Gasteiger partial charge on any atom is 0.416 e. The molecule has 0 atom stereocenters. The van der Waals surface area contributed by atoms with Gasteiger partial charge in [-0.25, -0.2) is 9.36 Å². The highest BCUT2D eigenvalue weighted by molar-refractivity contribution is 7.17. The Balaban J connectivity index is 1.71. The second-order valence-corrected chi connectivity index (χ2v) is 8.45. The number of nitrogens with one attached hydrogen (secondary N) is 1. The van der Waals surface area contributed by atoms with Crippen LogP contribution in [0.2, 0.25) is 0 Å². The maximum absolute atomic E-state index is 13.3. The average Bonchev–Trinajstić information content (AvgIpc) is 3.24. The van der Waals surface area contributed by atoms with Gasteiger partial charge in [0.05, 0.1) is 16.8 Å². The topological polar surface area (TPSA) is 73.1 Å². The normalized spacial score (nSPS) is 11.7. The lowest BCUT2D eigenvalue weighted by atomic mass is 10.1. The van der Waals surface area contributed by atoms with Crippen molar-refractivity contribution in [3.05, 3.63) is 91.4 Å². The Bertz CT molecular complexity index is 1480. The average molecular weight is 473 g/mol. The van der Waals surface area contributed by atoms with E-state index in [1.165, 1.54) is 4.57 Å². The van der Waals surface area contributed by atoms with Crippen LogP contribution < -0.4 is 16.6 Å². The molecule has 2 aromatic heterocycles. The third kappa shape index (κ3) is 4.34. The monoisotopic (exact) mass is 473 g/mol. The second kappa shape index (κ2) is 8.36. The molecule has 2 heterocycles. The van der Waals surface area contributed by atoms with Gasteiger partial charge < -0.3 is 5.32 Å². The van der Waals surface area contributed by atoms with Crippen LogP contribution in [0, 0.1) is 13.8 Å². The fourth-order valence-corrected chi connectivity index (χ4v) is 4.24. The van der Waals surface area contributed by atoms with Crippen molar-refractivity contribution in [2.45, 2.75) is 26.6 Å². The minimum Gasteiger partial charge on any atom is -0.325 e. The Morgan fingerprint density at radius 1 is 1.00 bits per heavy atom. The van der Waals surface area contributed by atoms with Crippen molar-refractivity contribution in [2.75, 3.05) is 5.32 Å². The van der Waals surface area contributed by atoms with Gasteiger partial charge in [-0.3, -0.25) is 14.2 Å². The van der Waals surface area contributed by atoms with Gasteiger partial charge in [-0.15, -0.1) is 11.3 Å². The predicted octanol–water partition coefficient (Wildman–Crippen LogP) is 4.49. The molecule has 0 fully saturated rings. The van der Waals surface area contributed by atoms with E-state index in [-0.39, 0.29) is 5.69 Å². The van der Waals surface area contributed by atoms with E-state index in [1.54, 1.807) is 29.6 Å². The Morgan fingerprint density at radius 2 is 1.70 bits per heavy atom. The molecule has 1 amide bonds. The van der Waals surface area contributed by atoms with Gasteiger partial charge in [0.25, 0.3) is 5.56 Å². The number of aromatic nitrogens is 2. The number of carbonyl (C=O) groups excluding carboxylic acids is 1. The zero-order chi connectivity index (χ0) is 23.9. The van der Waals surface area contributed by atoms with Crippen LogP contribution in [0.25, 0.3) is 15.9 Å². The number of carbonyl (C=O) groups is 1. The number of amides is 1. The zero-order valence-corrected chi connectivity index (χ0v) is 18.4. The third-order valence-electron chi connectivity index (χ3n) is 5.30. The van der Waals surface area contributed by atoms with Gasteiger partial charge in [-0.2, -0.15) is 13.2 Å². The van der Waals surface area contributed by atoms with Crippen LogP contribution in [0.5, 0.6) is 0 Å². The zero-order valence-electron chi connectivity index (χ0n) is 17.6. The highest BCUT2D eigenvalue weighted by Gasteiger charge is 2.30. The van der Waals surface area contributed by atoms with Crippen LogP contribution in [-0.2, 0) is 17.5 Å². The number of nitrogens with zero attached hydrogens (tertiary/aromatic N) is 2. The number of alkyl halides is 3. The number of anilines is 1. The van der Waals surface area contributed by atoms with E-state index in [0.717, 1.165) is 51.3 Å². The van der Waals surface area contributed by atoms with Gasteiger partial charge in [-0.1, -0.05) is 6.07 Å². The van der Waals surface area contributed by atoms with Gasteiger partial charge in [0.2, 0.25) is 5.91 Å². The minimum absolute atomic E-state index is 0.157. The number of benzene rings is 2. The molecule has 33 heavy (non-hydrogen) atoms. The molecule has 1 N–H and O–H groups in total. The molecule has 6 nitrogen and oxygen atoms in total. The Hall–Kier alpha value is -3.66. The van der Waals surface area contributed by atoms with Crippen LogP contribution in [0.4, 0.5) is 18.9 Å². The number of hydrogen-bond acceptors (Lipinski definition) is 4. The van der Waals surface area contributed by atoms with Crippen molar-refractivity contribution in [3.8, 4) is 5.69 Å². The number of hydrogen-bond donors (Lipinski definition) is 1. The van der Waals surface area contributed by atoms with Gasteiger partial charge in [0.1, 0.15) is 11.2 Å². The number of halogens is 3. The van der Waals surface area contributed by atoms with Crippen molar-refractivity contribution < 1.29 is 18.0 Å². The van der Waals surface area contributed by atoms with Crippen molar-refractivity contribution in [1.29, 1.82) is 0 Å². The molecule has 0 unspecified atom stereocenters. The third-order valence-corrected chi connectivity index (χ3v) is 6.19. The Labute approximate surface area is 189 Å². The smallest absolute Gasteiger partial charge is 0.325 e. The van der Waals surface area contributed by atoms with Gasteiger partial charge >= 0.3 is 11.9 Å². The SMILES string of the molecule is Cc1ccc(-n2c(=O)c3sccc3n(CC(=O)Nc3ccc(C(F)(F)F)cc3)c2=O)cc1C. The van der Waals surface area contributed by atoms with E-state index in [0.29, 0.717) is 15.9 Å². The minimum atomic E-state index is -4.48. The van der Waals surface area contributed by atoms with Crippen LogP contribution in [0.1, 0.15) is 16.7 Å². The summed E-state index contributed by atoms with van der Waals surface area (Å²) in [4.78, 5) is 38.9. The molecule has 0 spiro atoms. The quantitative estimate of drug-likeness (QED) is 0.475. The van der Waals surface area contributed by atoms with E-state index in [2.05, 4.69) is 5.32 Å². The van der Waals surface area contributed by atoms with Crippen LogP contribution in [-0.4, -0.2) is 15.0 Å². The number of thiophene rings is 1. The largest absolute Gasteiger partial charge is 0.416 e. The number of fused-ring (bicyclic) bond motifs is 1.